The van der Waals surface area contributed by atoms with E-state index in [2.05, 4.69) is 5.32 Å². The van der Waals surface area contributed by atoms with Gasteiger partial charge in [0.05, 0.1) is 20.8 Å². The third-order valence-electron chi connectivity index (χ3n) is 3.92. The molecular weight excluding hydrogens is 298 g/mol. The number of nitrogens with two attached hydrogens (primary N) is 1. The number of carbonyl (C=O) groups excluding carboxylic acids is 2. The van der Waals surface area contributed by atoms with E-state index in [1.807, 2.05) is 4.90 Å². The van der Waals surface area contributed by atoms with Crippen LogP contribution >= 0.6 is 0 Å². The molecule has 2 amide bonds. The van der Waals surface area contributed by atoms with Crippen molar-refractivity contribution in [3.05, 3.63) is 18.2 Å². The number of amides is 2. The van der Waals surface area contributed by atoms with Crippen LogP contribution in [0, 0.1) is 0 Å². The molecule has 7 heteroatoms. The topological polar surface area (TPSA) is 93.9 Å². The molecule has 0 saturated carbocycles. The van der Waals surface area contributed by atoms with Crippen molar-refractivity contribution >= 4 is 17.5 Å². The van der Waals surface area contributed by atoms with E-state index in [1.54, 1.807) is 32.4 Å². The van der Waals surface area contributed by atoms with Gasteiger partial charge in [0.1, 0.15) is 11.5 Å². The van der Waals surface area contributed by atoms with Gasteiger partial charge in [-0.25, -0.2) is 0 Å². The predicted molar refractivity (Wildman–Crippen MR) is 86.6 cm³/mol. The smallest absolute Gasteiger partial charge is 0.238 e. The van der Waals surface area contributed by atoms with Crippen LogP contribution < -0.4 is 20.5 Å². The summed E-state index contributed by atoms with van der Waals surface area (Å²) in [6.45, 7) is 1.03. The Morgan fingerprint density at radius 3 is 2.48 bits per heavy atom. The lowest BCUT2D eigenvalue weighted by atomic mass is 10.1. The van der Waals surface area contributed by atoms with Crippen LogP contribution in [0.25, 0.3) is 0 Å². The van der Waals surface area contributed by atoms with Crippen LogP contribution in [-0.2, 0) is 9.59 Å². The lowest BCUT2D eigenvalue weighted by Crippen LogP contribution is -2.38. The van der Waals surface area contributed by atoms with Crippen LogP contribution in [0.4, 0.5) is 5.69 Å². The maximum atomic E-state index is 12.2. The van der Waals surface area contributed by atoms with E-state index < -0.39 is 0 Å². The fourth-order valence-electron chi connectivity index (χ4n) is 2.83. The number of hydrogen-bond donors (Lipinski definition) is 2. The largest absolute Gasteiger partial charge is 0.497 e. The Kier molecular flexibility index (Phi) is 5.81. The number of hydrogen-bond acceptors (Lipinski definition) is 5. The zero-order valence-electron chi connectivity index (χ0n) is 13.5. The van der Waals surface area contributed by atoms with E-state index in [4.69, 9.17) is 15.2 Å². The van der Waals surface area contributed by atoms with Gasteiger partial charge < -0.3 is 20.5 Å². The first-order valence-electron chi connectivity index (χ1n) is 7.57. The molecule has 0 bridgehead atoms. The van der Waals surface area contributed by atoms with E-state index in [1.165, 1.54) is 0 Å². The molecule has 1 aliphatic rings. The molecule has 126 valence electrons. The molecule has 0 aliphatic carbocycles. The van der Waals surface area contributed by atoms with Gasteiger partial charge in [-0.1, -0.05) is 0 Å². The summed E-state index contributed by atoms with van der Waals surface area (Å²) in [5.41, 5.74) is 5.87. The standard InChI is InChI=1S/C16H23N3O4/c1-22-13-6-11(7-14(9-13)23-2)18-16(21)10-19-5-3-4-12(19)8-15(17)20/h6-7,9,12H,3-5,8,10H2,1-2H3,(H2,17,20)(H,18,21). The highest BCUT2D eigenvalue weighted by molar-refractivity contribution is 5.92. The number of ether oxygens (including phenoxy) is 2. The molecule has 1 aliphatic heterocycles. The monoisotopic (exact) mass is 321 g/mol. The van der Waals surface area contributed by atoms with Gasteiger partial charge in [-0.3, -0.25) is 14.5 Å². The Morgan fingerprint density at radius 2 is 1.91 bits per heavy atom. The minimum atomic E-state index is -0.333. The summed E-state index contributed by atoms with van der Waals surface area (Å²) in [6, 6.07) is 5.24. The molecular formula is C16H23N3O4. The number of methoxy groups -OCH3 is 2. The Balaban J connectivity index is 1.97. The molecule has 1 heterocycles. The summed E-state index contributed by atoms with van der Waals surface area (Å²) in [7, 11) is 3.11. The highest BCUT2D eigenvalue weighted by Gasteiger charge is 2.27. The number of benzene rings is 1. The van der Waals surface area contributed by atoms with Gasteiger partial charge in [-0.15, -0.1) is 0 Å². The molecule has 1 saturated heterocycles. The van der Waals surface area contributed by atoms with Crippen LogP contribution in [0.2, 0.25) is 0 Å². The molecule has 0 radical (unpaired) electrons. The molecule has 7 nitrogen and oxygen atoms in total. The lowest BCUT2D eigenvalue weighted by Gasteiger charge is -2.22. The number of primary amides is 1. The van der Waals surface area contributed by atoms with Gasteiger partial charge in [-0.05, 0) is 19.4 Å². The van der Waals surface area contributed by atoms with Gasteiger partial charge in [0.15, 0.2) is 0 Å². The van der Waals surface area contributed by atoms with Crippen molar-refractivity contribution in [1.82, 2.24) is 4.90 Å². The van der Waals surface area contributed by atoms with Crippen molar-refractivity contribution in [3.8, 4) is 11.5 Å². The quantitative estimate of drug-likeness (QED) is 0.781. The van der Waals surface area contributed by atoms with Crippen molar-refractivity contribution in [1.29, 1.82) is 0 Å². The maximum Gasteiger partial charge on any atom is 0.238 e. The third-order valence-corrected chi connectivity index (χ3v) is 3.92. The minimum absolute atomic E-state index is 0.0538. The predicted octanol–water partition coefficient (Wildman–Crippen LogP) is 0.982. The molecule has 2 rings (SSSR count). The van der Waals surface area contributed by atoms with Gasteiger partial charge in [-0.2, -0.15) is 0 Å². The molecule has 1 aromatic rings. The van der Waals surface area contributed by atoms with Gasteiger partial charge >= 0.3 is 0 Å². The molecule has 0 spiro atoms. The fourth-order valence-corrected chi connectivity index (χ4v) is 2.83. The van der Waals surface area contributed by atoms with Crippen molar-refractivity contribution in [2.24, 2.45) is 5.73 Å². The van der Waals surface area contributed by atoms with E-state index in [-0.39, 0.29) is 24.4 Å². The van der Waals surface area contributed by atoms with Crippen molar-refractivity contribution in [2.45, 2.75) is 25.3 Å². The molecule has 3 N–H and O–H groups in total. The van der Waals surface area contributed by atoms with E-state index in [0.717, 1.165) is 19.4 Å². The van der Waals surface area contributed by atoms with Crippen LogP contribution in [0.5, 0.6) is 11.5 Å². The molecule has 1 atom stereocenters. The van der Waals surface area contributed by atoms with Crippen LogP contribution in [0.1, 0.15) is 19.3 Å². The second kappa shape index (κ2) is 7.82. The first-order valence-corrected chi connectivity index (χ1v) is 7.57. The van der Waals surface area contributed by atoms with E-state index in [0.29, 0.717) is 23.6 Å². The Morgan fingerprint density at radius 1 is 1.26 bits per heavy atom. The molecule has 1 unspecified atom stereocenters. The molecule has 23 heavy (non-hydrogen) atoms. The Hall–Kier alpha value is -2.28. The highest BCUT2D eigenvalue weighted by Crippen LogP contribution is 2.26. The molecule has 1 fully saturated rings. The zero-order valence-corrected chi connectivity index (χ0v) is 13.5. The number of nitrogens with one attached hydrogen (secondary N) is 1. The van der Waals surface area contributed by atoms with Crippen molar-refractivity contribution in [3.63, 3.8) is 0 Å². The van der Waals surface area contributed by atoms with E-state index in [9.17, 15) is 9.59 Å². The summed E-state index contributed by atoms with van der Waals surface area (Å²) in [5, 5.41) is 2.84. The van der Waals surface area contributed by atoms with Crippen LogP contribution in [0.3, 0.4) is 0 Å². The summed E-state index contributed by atoms with van der Waals surface area (Å²) in [4.78, 5) is 25.3. The summed E-state index contributed by atoms with van der Waals surface area (Å²) in [5.74, 6) is 0.733. The Labute approximate surface area is 135 Å². The average Bonchev–Trinajstić information content (AvgIpc) is 2.92. The molecule has 1 aromatic carbocycles. The first-order chi connectivity index (χ1) is 11.0. The van der Waals surface area contributed by atoms with Crippen molar-refractivity contribution < 1.29 is 19.1 Å². The number of likely N-dealkylation sites (tertiary alicyclic amines) is 1. The summed E-state index contributed by atoms with van der Waals surface area (Å²) < 4.78 is 10.4. The minimum Gasteiger partial charge on any atom is -0.497 e. The number of carbonyl (C=O) groups is 2. The number of nitrogens with zero attached hydrogens (tertiary/aromatic N) is 1. The third kappa shape index (κ3) is 4.85. The second-order valence-corrected chi connectivity index (χ2v) is 5.59. The fraction of sp³-hybridized carbons (Fsp3) is 0.500. The normalized spacial score (nSPS) is 17.7. The van der Waals surface area contributed by atoms with Crippen LogP contribution in [0.15, 0.2) is 18.2 Å². The van der Waals surface area contributed by atoms with Crippen molar-refractivity contribution in [2.75, 3.05) is 32.6 Å². The number of rotatable bonds is 7. The average molecular weight is 321 g/mol. The Bertz CT molecular complexity index is 554. The highest BCUT2D eigenvalue weighted by atomic mass is 16.5. The maximum absolute atomic E-state index is 12.2. The first kappa shape index (κ1) is 17.1. The van der Waals surface area contributed by atoms with E-state index >= 15 is 0 Å². The van der Waals surface area contributed by atoms with Gasteiger partial charge in [0.25, 0.3) is 0 Å². The number of anilines is 1. The second-order valence-electron chi connectivity index (χ2n) is 5.59. The SMILES string of the molecule is COc1cc(NC(=O)CN2CCCC2CC(N)=O)cc(OC)c1. The van der Waals surface area contributed by atoms with Gasteiger partial charge in [0.2, 0.25) is 11.8 Å². The summed E-state index contributed by atoms with van der Waals surface area (Å²) in [6.07, 6.45) is 2.15. The zero-order chi connectivity index (χ0) is 16.8. The molecule has 0 aromatic heterocycles. The lowest BCUT2D eigenvalue weighted by molar-refractivity contribution is -0.121. The summed E-state index contributed by atoms with van der Waals surface area (Å²) >= 11 is 0. The van der Waals surface area contributed by atoms with Gasteiger partial charge in [0, 0.05) is 36.3 Å². The van der Waals surface area contributed by atoms with Crippen LogP contribution in [-0.4, -0.2) is 50.1 Å².